The molecule has 0 amide bonds. The number of benzene rings is 3. The minimum Gasteiger partial charge on any atom is -0.313 e. The number of aryl methyl sites for hydroxylation is 1. The van der Waals surface area contributed by atoms with Crippen molar-refractivity contribution in [3.05, 3.63) is 95.8 Å². The second-order valence-electron chi connectivity index (χ2n) is 10.8. The molecule has 3 aromatic carbocycles. The summed E-state index contributed by atoms with van der Waals surface area (Å²) in [6, 6.07) is 29.4. The largest absolute Gasteiger partial charge is 0.313 e. The van der Waals surface area contributed by atoms with E-state index in [1.54, 1.807) is 0 Å². The summed E-state index contributed by atoms with van der Waals surface area (Å²) < 4.78 is 5.00. The molecule has 0 fully saturated rings. The molecule has 1 aliphatic rings. The topological polar surface area (TPSA) is 9.86 Å². The second-order valence-corrected chi connectivity index (χ2v) is 10.8. The van der Waals surface area contributed by atoms with Crippen molar-refractivity contribution in [2.24, 2.45) is 0 Å². The lowest BCUT2D eigenvalue weighted by Gasteiger charge is -2.38. The zero-order valence-corrected chi connectivity index (χ0v) is 19.6. The molecule has 5 aromatic rings. The fourth-order valence-corrected chi connectivity index (χ4v) is 6.15. The van der Waals surface area contributed by atoms with Crippen LogP contribution in [0.1, 0.15) is 51.1 Å². The fourth-order valence-electron chi connectivity index (χ4n) is 6.15. The van der Waals surface area contributed by atoms with Crippen LogP contribution in [0.4, 0.5) is 0 Å². The Hall–Kier alpha value is -3.26. The van der Waals surface area contributed by atoms with Crippen LogP contribution in [0, 0.1) is 6.92 Å². The van der Waals surface area contributed by atoms with E-state index >= 15 is 0 Å². The molecule has 0 saturated carbocycles. The molecule has 0 atom stereocenters. The van der Waals surface area contributed by atoms with Crippen molar-refractivity contribution in [1.82, 2.24) is 9.13 Å². The van der Waals surface area contributed by atoms with E-state index in [4.69, 9.17) is 0 Å². The molecule has 0 aliphatic carbocycles. The number of rotatable bonds is 0. The first-order chi connectivity index (χ1) is 15.2. The van der Waals surface area contributed by atoms with E-state index in [0.717, 1.165) is 6.42 Å². The van der Waals surface area contributed by atoms with Crippen LogP contribution < -0.4 is 0 Å². The highest BCUT2D eigenvalue weighted by Crippen LogP contribution is 2.45. The predicted molar refractivity (Wildman–Crippen MR) is 136 cm³/mol. The Bertz CT molecular complexity index is 1400. The Balaban J connectivity index is 1.80. The minimum atomic E-state index is -0.00887. The van der Waals surface area contributed by atoms with Crippen LogP contribution in [0.2, 0.25) is 0 Å². The van der Waals surface area contributed by atoms with E-state index in [-0.39, 0.29) is 10.8 Å². The fraction of sp³-hybridized carbons (Fsp3) is 0.267. The summed E-state index contributed by atoms with van der Waals surface area (Å²) in [5.74, 6) is 0. The first-order valence-electron chi connectivity index (χ1n) is 11.6. The van der Waals surface area contributed by atoms with E-state index in [1.165, 1.54) is 50.1 Å². The molecule has 1 aliphatic heterocycles. The smallest absolute Gasteiger partial charge is 0.0531 e. The number of hydrogen-bond acceptors (Lipinski definition) is 0. The minimum absolute atomic E-state index is 0.00887. The molecule has 2 aromatic heterocycles. The van der Waals surface area contributed by atoms with Crippen molar-refractivity contribution in [3.63, 3.8) is 0 Å². The third-order valence-corrected chi connectivity index (χ3v) is 7.26. The first-order valence-corrected chi connectivity index (χ1v) is 11.6. The lowest BCUT2D eigenvalue weighted by Crippen LogP contribution is -2.33. The van der Waals surface area contributed by atoms with Crippen LogP contribution in [0.15, 0.2) is 78.9 Å². The molecule has 160 valence electrons. The van der Waals surface area contributed by atoms with Gasteiger partial charge in [0.25, 0.3) is 0 Å². The Morgan fingerprint density at radius 1 is 0.594 bits per heavy atom. The molecule has 0 N–H and O–H groups in total. The normalized spacial score (nSPS) is 16.7. The number of fused-ring (bicyclic) bond motifs is 10. The van der Waals surface area contributed by atoms with Crippen molar-refractivity contribution in [2.45, 2.75) is 51.9 Å². The second kappa shape index (κ2) is 6.38. The average Bonchev–Trinajstić information content (AvgIpc) is 3.32. The van der Waals surface area contributed by atoms with E-state index in [2.05, 4.69) is 123 Å². The Morgan fingerprint density at radius 3 is 1.50 bits per heavy atom. The van der Waals surface area contributed by atoms with Gasteiger partial charge in [0, 0.05) is 44.4 Å². The van der Waals surface area contributed by atoms with Crippen LogP contribution in [-0.4, -0.2) is 9.13 Å². The number of para-hydroxylation sites is 2. The highest BCUT2D eigenvalue weighted by atomic mass is 15.0. The monoisotopic (exact) mass is 418 g/mol. The molecule has 3 heterocycles. The van der Waals surface area contributed by atoms with E-state index in [1.807, 2.05) is 0 Å². The van der Waals surface area contributed by atoms with Crippen LogP contribution in [-0.2, 0) is 10.8 Å². The number of aromatic nitrogens is 2. The summed E-state index contributed by atoms with van der Waals surface area (Å²) in [6.07, 6.45) is 1.05. The van der Waals surface area contributed by atoms with Gasteiger partial charge in [-0.3, -0.25) is 0 Å². The lowest BCUT2D eigenvalue weighted by atomic mass is 9.71. The molecule has 0 saturated heterocycles. The van der Waals surface area contributed by atoms with Gasteiger partial charge in [-0.15, -0.1) is 0 Å². The maximum Gasteiger partial charge on any atom is 0.0531 e. The first kappa shape index (κ1) is 19.4. The predicted octanol–water partition coefficient (Wildman–Crippen LogP) is 7.84. The molecule has 2 bridgehead atoms. The highest BCUT2D eigenvalue weighted by molar-refractivity contribution is 5.86. The zero-order chi connectivity index (χ0) is 22.3. The van der Waals surface area contributed by atoms with E-state index in [9.17, 15) is 0 Å². The summed E-state index contributed by atoms with van der Waals surface area (Å²) in [5.41, 5.74) is 9.07. The zero-order valence-electron chi connectivity index (χ0n) is 19.6. The number of nitrogens with zero attached hydrogens (tertiary/aromatic N) is 2. The Kier molecular flexibility index (Phi) is 3.88. The molecule has 0 unspecified atom stereocenters. The van der Waals surface area contributed by atoms with Gasteiger partial charge in [-0.2, -0.15) is 0 Å². The van der Waals surface area contributed by atoms with Crippen LogP contribution in [0.3, 0.4) is 0 Å². The number of hydrogen-bond donors (Lipinski definition) is 0. The van der Waals surface area contributed by atoms with Crippen molar-refractivity contribution < 1.29 is 0 Å². The van der Waals surface area contributed by atoms with Gasteiger partial charge in [-0.25, -0.2) is 0 Å². The summed E-state index contributed by atoms with van der Waals surface area (Å²) in [6.45, 7) is 11.8. The molecular weight excluding hydrogens is 388 g/mol. The van der Waals surface area contributed by atoms with Gasteiger partial charge >= 0.3 is 0 Å². The SMILES string of the molecule is Cc1cc2cc(c1)-n1c(cc3ccccc31)C(C)(C)CC(C)(C)c1cc3ccccc3n1-2. The van der Waals surface area contributed by atoms with Gasteiger partial charge in [0.15, 0.2) is 0 Å². The summed E-state index contributed by atoms with van der Waals surface area (Å²) in [5, 5.41) is 2.61. The van der Waals surface area contributed by atoms with E-state index < -0.39 is 0 Å². The van der Waals surface area contributed by atoms with Gasteiger partial charge in [0.1, 0.15) is 0 Å². The van der Waals surface area contributed by atoms with E-state index in [0.29, 0.717) is 0 Å². The molecule has 32 heavy (non-hydrogen) atoms. The Morgan fingerprint density at radius 2 is 1.03 bits per heavy atom. The quantitative estimate of drug-likeness (QED) is 0.242. The van der Waals surface area contributed by atoms with Crippen LogP contribution >= 0.6 is 0 Å². The highest BCUT2D eigenvalue weighted by Gasteiger charge is 2.37. The van der Waals surface area contributed by atoms with Crippen molar-refractivity contribution in [3.8, 4) is 11.4 Å². The standard InChI is InChI=1S/C30H30N2/c1-20-14-23-18-24(15-20)32-26-13-9-7-11-22(26)17-28(32)30(4,5)19-29(2,3)27-16-21-10-6-8-12-25(21)31(23)27/h6-18H,19H2,1-5H3. The van der Waals surface area contributed by atoms with Crippen molar-refractivity contribution in [2.75, 3.05) is 0 Å². The molecule has 2 nitrogen and oxygen atoms in total. The van der Waals surface area contributed by atoms with Gasteiger partial charge in [0.2, 0.25) is 0 Å². The Labute approximate surface area is 190 Å². The third kappa shape index (κ3) is 2.72. The van der Waals surface area contributed by atoms with Crippen molar-refractivity contribution >= 4 is 21.8 Å². The summed E-state index contributed by atoms with van der Waals surface area (Å²) >= 11 is 0. The van der Waals surface area contributed by atoms with Gasteiger partial charge < -0.3 is 9.13 Å². The molecule has 6 rings (SSSR count). The average molecular weight is 419 g/mol. The van der Waals surface area contributed by atoms with Crippen LogP contribution in [0.25, 0.3) is 33.2 Å². The van der Waals surface area contributed by atoms with Gasteiger partial charge in [0.05, 0.1) is 11.0 Å². The molecule has 2 heteroatoms. The van der Waals surface area contributed by atoms with Gasteiger partial charge in [-0.05, 0) is 61.4 Å². The molecule has 0 spiro atoms. The van der Waals surface area contributed by atoms with Crippen molar-refractivity contribution in [1.29, 1.82) is 0 Å². The lowest BCUT2D eigenvalue weighted by molar-refractivity contribution is 0.331. The summed E-state index contributed by atoms with van der Waals surface area (Å²) in [4.78, 5) is 0. The maximum absolute atomic E-state index is 2.50. The third-order valence-electron chi connectivity index (χ3n) is 7.26. The molecular formula is C30H30N2. The van der Waals surface area contributed by atoms with Gasteiger partial charge in [-0.1, -0.05) is 64.1 Å². The maximum atomic E-state index is 2.50. The van der Waals surface area contributed by atoms with Crippen LogP contribution in [0.5, 0.6) is 0 Å². The summed E-state index contributed by atoms with van der Waals surface area (Å²) in [7, 11) is 0. The molecule has 0 radical (unpaired) electrons.